The summed E-state index contributed by atoms with van der Waals surface area (Å²) in [5.41, 5.74) is -0.0132. The summed E-state index contributed by atoms with van der Waals surface area (Å²) in [4.78, 5) is 12.1. The van der Waals surface area contributed by atoms with Crippen LogP contribution in [-0.4, -0.2) is 24.7 Å². The number of carbonyl (C=O) groups excluding carboxylic acids is 1. The van der Waals surface area contributed by atoms with Gasteiger partial charge in [0.15, 0.2) is 0 Å². The van der Waals surface area contributed by atoms with Gasteiger partial charge in [-0.3, -0.25) is 10.1 Å². The molecule has 0 spiro atoms. The fraction of sp³-hybridized carbons (Fsp3) is 0.562. The van der Waals surface area contributed by atoms with Crippen LogP contribution in [0.5, 0.6) is 0 Å². The zero-order valence-electron chi connectivity index (χ0n) is 12.1. The van der Waals surface area contributed by atoms with Crippen LogP contribution in [0.15, 0.2) is 24.3 Å². The number of rotatable bonds is 5. The molecule has 0 saturated heterocycles. The highest BCUT2D eigenvalue weighted by atomic mass is 19.1. The quantitative estimate of drug-likeness (QED) is 0.842. The summed E-state index contributed by atoms with van der Waals surface area (Å²) < 4.78 is 18.2. The van der Waals surface area contributed by atoms with E-state index in [1.165, 1.54) is 32.1 Å². The second-order valence-electron chi connectivity index (χ2n) is 5.76. The molecule has 110 valence electrons. The van der Waals surface area contributed by atoms with Gasteiger partial charge < -0.3 is 4.74 Å². The van der Waals surface area contributed by atoms with Gasteiger partial charge in [-0.15, -0.1) is 0 Å². The predicted molar refractivity (Wildman–Crippen MR) is 75.9 cm³/mol. The van der Waals surface area contributed by atoms with Crippen LogP contribution >= 0.6 is 0 Å². The van der Waals surface area contributed by atoms with Crippen molar-refractivity contribution < 1.29 is 13.9 Å². The SMILES string of the molecule is COC(=O)C(C)(Cc1cccc(F)c1)NC1CCCC1. The molecule has 0 heterocycles. The van der Waals surface area contributed by atoms with Crippen molar-refractivity contribution in [1.82, 2.24) is 5.32 Å². The maximum absolute atomic E-state index is 13.3. The predicted octanol–water partition coefficient (Wildman–Crippen LogP) is 2.83. The van der Waals surface area contributed by atoms with E-state index < -0.39 is 5.54 Å². The molecule has 1 aromatic carbocycles. The largest absolute Gasteiger partial charge is 0.468 e. The normalized spacial score (nSPS) is 18.8. The monoisotopic (exact) mass is 279 g/mol. The Morgan fingerprint density at radius 1 is 1.45 bits per heavy atom. The Balaban J connectivity index is 2.15. The fourth-order valence-corrected chi connectivity index (χ4v) is 2.98. The number of halogens is 1. The standard InChI is InChI=1S/C16H22FNO2/c1-16(15(19)20-2,18-14-8-3-4-9-14)11-12-6-5-7-13(17)10-12/h5-7,10,14,18H,3-4,8-9,11H2,1-2H3. The second kappa shape index (κ2) is 6.35. The van der Waals surface area contributed by atoms with E-state index in [1.54, 1.807) is 6.07 Å². The molecule has 1 aliphatic carbocycles. The van der Waals surface area contributed by atoms with Crippen molar-refractivity contribution in [2.75, 3.05) is 7.11 Å². The van der Waals surface area contributed by atoms with E-state index >= 15 is 0 Å². The average molecular weight is 279 g/mol. The first-order valence-corrected chi connectivity index (χ1v) is 7.14. The maximum Gasteiger partial charge on any atom is 0.326 e. The Hall–Kier alpha value is -1.42. The maximum atomic E-state index is 13.3. The third-order valence-corrected chi connectivity index (χ3v) is 3.96. The van der Waals surface area contributed by atoms with Gasteiger partial charge in [0, 0.05) is 12.5 Å². The van der Waals surface area contributed by atoms with E-state index in [0.717, 1.165) is 18.4 Å². The molecule has 20 heavy (non-hydrogen) atoms. The van der Waals surface area contributed by atoms with Gasteiger partial charge in [0.05, 0.1) is 7.11 Å². The Morgan fingerprint density at radius 2 is 2.15 bits per heavy atom. The average Bonchev–Trinajstić information content (AvgIpc) is 2.90. The molecule has 0 aliphatic heterocycles. The van der Waals surface area contributed by atoms with E-state index in [4.69, 9.17) is 4.74 Å². The van der Waals surface area contributed by atoms with Crippen LogP contribution in [0.3, 0.4) is 0 Å². The summed E-state index contributed by atoms with van der Waals surface area (Å²) in [7, 11) is 1.39. The summed E-state index contributed by atoms with van der Waals surface area (Å²) >= 11 is 0. The van der Waals surface area contributed by atoms with E-state index in [0.29, 0.717) is 12.5 Å². The van der Waals surface area contributed by atoms with Crippen molar-refractivity contribution in [3.63, 3.8) is 0 Å². The number of esters is 1. The van der Waals surface area contributed by atoms with Crippen LogP contribution in [0.1, 0.15) is 38.2 Å². The van der Waals surface area contributed by atoms with Crippen molar-refractivity contribution in [1.29, 1.82) is 0 Å². The Kier molecular flexibility index (Phi) is 4.76. The zero-order valence-corrected chi connectivity index (χ0v) is 12.1. The highest BCUT2D eigenvalue weighted by Crippen LogP contribution is 2.23. The molecule has 1 fully saturated rings. The molecule has 0 amide bonds. The summed E-state index contributed by atoms with van der Waals surface area (Å²) in [6, 6.07) is 6.71. The van der Waals surface area contributed by atoms with Gasteiger partial charge in [-0.05, 0) is 37.5 Å². The van der Waals surface area contributed by atoms with Crippen LogP contribution in [0.25, 0.3) is 0 Å². The molecule has 0 bridgehead atoms. The van der Waals surface area contributed by atoms with Gasteiger partial charge in [0.25, 0.3) is 0 Å². The van der Waals surface area contributed by atoms with Crippen LogP contribution in [0.2, 0.25) is 0 Å². The minimum atomic E-state index is -0.808. The molecule has 1 aromatic rings. The van der Waals surface area contributed by atoms with Crippen molar-refractivity contribution in [3.8, 4) is 0 Å². The molecule has 2 rings (SSSR count). The van der Waals surface area contributed by atoms with Gasteiger partial charge >= 0.3 is 5.97 Å². The van der Waals surface area contributed by atoms with Gasteiger partial charge in [-0.25, -0.2) is 4.39 Å². The first kappa shape index (κ1) is 15.0. The molecule has 1 N–H and O–H groups in total. The van der Waals surface area contributed by atoms with Gasteiger partial charge in [0.2, 0.25) is 0 Å². The first-order valence-electron chi connectivity index (χ1n) is 7.14. The smallest absolute Gasteiger partial charge is 0.326 e. The highest BCUT2D eigenvalue weighted by molar-refractivity contribution is 5.80. The molecular formula is C16H22FNO2. The molecule has 0 aromatic heterocycles. The van der Waals surface area contributed by atoms with E-state index in [-0.39, 0.29) is 11.8 Å². The first-order chi connectivity index (χ1) is 9.53. The second-order valence-corrected chi connectivity index (χ2v) is 5.76. The fourth-order valence-electron chi connectivity index (χ4n) is 2.98. The highest BCUT2D eigenvalue weighted by Gasteiger charge is 2.37. The minimum absolute atomic E-state index is 0.282. The summed E-state index contributed by atoms with van der Waals surface area (Å²) in [6.07, 6.45) is 4.96. The number of hydrogen-bond acceptors (Lipinski definition) is 3. The molecular weight excluding hydrogens is 257 g/mol. The molecule has 1 atom stereocenters. The van der Waals surface area contributed by atoms with Crippen LogP contribution < -0.4 is 5.32 Å². The van der Waals surface area contributed by atoms with E-state index in [1.807, 2.05) is 13.0 Å². The lowest BCUT2D eigenvalue weighted by molar-refractivity contribution is -0.148. The Bertz CT molecular complexity index is 471. The van der Waals surface area contributed by atoms with Crippen molar-refractivity contribution in [2.24, 2.45) is 0 Å². The van der Waals surface area contributed by atoms with E-state index in [9.17, 15) is 9.18 Å². The van der Waals surface area contributed by atoms with Crippen LogP contribution in [0, 0.1) is 5.82 Å². The molecule has 1 saturated carbocycles. The Labute approximate surface area is 119 Å². The number of nitrogens with one attached hydrogen (secondary N) is 1. The summed E-state index contributed by atoms with van der Waals surface area (Å²) in [6.45, 7) is 1.84. The molecule has 1 unspecified atom stereocenters. The lowest BCUT2D eigenvalue weighted by Gasteiger charge is -2.31. The topological polar surface area (TPSA) is 38.3 Å². The summed E-state index contributed by atoms with van der Waals surface area (Å²) in [5, 5.41) is 3.41. The number of ether oxygens (including phenoxy) is 1. The third-order valence-electron chi connectivity index (χ3n) is 3.96. The van der Waals surface area contributed by atoms with Crippen LogP contribution in [-0.2, 0) is 16.0 Å². The van der Waals surface area contributed by atoms with Gasteiger partial charge in [-0.1, -0.05) is 25.0 Å². The van der Waals surface area contributed by atoms with Crippen LogP contribution in [0.4, 0.5) is 4.39 Å². The number of hydrogen-bond donors (Lipinski definition) is 1. The molecule has 3 nitrogen and oxygen atoms in total. The van der Waals surface area contributed by atoms with Crippen molar-refractivity contribution in [2.45, 2.75) is 50.6 Å². The van der Waals surface area contributed by atoms with Gasteiger partial charge in [0.1, 0.15) is 11.4 Å². The number of benzene rings is 1. The molecule has 0 radical (unpaired) electrons. The Morgan fingerprint density at radius 3 is 2.75 bits per heavy atom. The molecule has 4 heteroatoms. The number of carbonyl (C=O) groups is 1. The van der Waals surface area contributed by atoms with E-state index in [2.05, 4.69) is 5.32 Å². The third kappa shape index (κ3) is 3.57. The number of methoxy groups -OCH3 is 1. The van der Waals surface area contributed by atoms with Crippen molar-refractivity contribution in [3.05, 3.63) is 35.6 Å². The zero-order chi connectivity index (χ0) is 14.6. The van der Waals surface area contributed by atoms with Crippen molar-refractivity contribution >= 4 is 5.97 Å². The lowest BCUT2D eigenvalue weighted by Crippen LogP contribution is -2.55. The lowest BCUT2D eigenvalue weighted by atomic mass is 9.91. The summed E-state index contributed by atoms with van der Waals surface area (Å²) in [5.74, 6) is -0.579. The minimum Gasteiger partial charge on any atom is -0.468 e. The molecule has 1 aliphatic rings. The van der Waals surface area contributed by atoms with Gasteiger partial charge in [-0.2, -0.15) is 0 Å².